The number of carbonyl (C=O) groups excluding carboxylic acids is 2. The molecule has 0 fully saturated rings. The molecule has 2 aromatic heterocycles. The first-order valence-electron chi connectivity index (χ1n) is 11.2. The van der Waals surface area contributed by atoms with E-state index in [-0.39, 0.29) is 23.4 Å². The summed E-state index contributed by atoms with van der Waals surface area (Å²) in [5.41, 5.74) is 0.770. The molecule has 5 nitrogen and oxygen atoms in total. The predicted octanol–water partition coefficient (Wildman–Crippen LogP) is 6.58. The van der Waals surface area contributed by atoms with E-state index in [9.17, 15) is 22.8 Å². The van der Waals surface area contributed by atoms with Crippen LogP contribution >= 0.6 is 0 Å². The summed E-state index contributed by atoms with van der Waals surface area (Å²) in [6.45, 7) is 1.78. The monoisotopic (exact) mass is 488 g/mol. The van der Waals surface area contributed by atoms with Gasteiger partial charge in [-0.2, -0.15) is 13.2 Å². The molecule has 0 saturated heterocycles. The fourth-order valence-electron chi connectivity index (χ4n) is 4.14. The minimum atomic E-state index is -4.59. The van der Waals surface area contributed by atoms with Crippen LogP contribution < -0.4 is 0 Å². The smallest absolute Gasteiger partial charge is 0.416 e. The summed E-state index contributed by atoms with van der Waals surface area (Å²) in [4.78, 5) is 30.5. The Kier molecular flexibility index (Phi) is 5.80. The number of hydrogen-bond donors (Lipinski definition) is 0. The molecule has 180 valence electrons. The van der Waals surface area contributed by atoms with Crippen LogP contribution in [-0.4, -0.2) is 27.7 Å². The van der Waals surface area contributed by atoms with Gasteiger partial charge in [0.1, 0.15) is 6.33 Å². The van der Waals surface area contributed by atoms with Crippen LogP contribution in [-0.2, 0) is 10.9 Å². The van der Waals surface area contributed by atoms with Crippen molar-refractivity contribution >= 4 is 28.0 Å². The van der Waals surface area contributed by atoms with E-state index in [2.05, 4.69) is 4.98 Å². The Labute approximate surface area is 203 Å². The lowest BCUT2D eigenvalue weighted by Crippen LogP contribution is -2.09. The number of ether oxygens (including phenoxy) is 1. The molecule has 0 radical (unpaired) electrons. The lowest BCUT2D eigenvalue weighted by molar-refractivity contribution is -0.137. The van der Waals surface area contributed by atoms with Crippen molar-refractivity contribution in [1.29, 1.82) is 0 Å². The van der Waals surface area contributed by atoms with Crippen molar-refractivity contribution in [1.82, 2.24) is 9.38 Å². The molecule has 0 amide bonds. The van der Waals surface area contributed by atoms with E-state index in [0.717, 1.165) is 28.5 Å². The number of hydrogen-bond acceptors (Lipinski definition) is 4. The number of esters is 1. The number of aromatic nitrogens is 2. The summed E-state index contributed by atoms with van der Waals surface area (Å²) in [7, 11) is 0. The quantitative estimate of drug-likeness (QED) is 0.207. The molecule has 0 bridgehead atoms. The normalized spacial score (nSPS) is 11.7. The van der Waals surface area contributed by atoms with E-state index in [1.165, 1.54) is 28.9 Å². The molecule has 0 aliphatic carbocycles. The summed E-state index contributed by atoms with van der Waals surface area (Å²) in [5, 5.41) is 2.07. The minimum Gasteiger partial charge on any atom is -0.462 e. The van der Waals surface area contributed by atoms with Crippen LogP contribution in [0.25, 0.3) is 27.5 Å². The van der Waals surface area contributed by atoms with Gasteiger partial charge < -0.3 is 4.74 Å². The van der Waals surface area contributed by atoms with Gasteiger partial charge in [0.25, 0.3) is 0 Å². The number of alkyl halides is 3. The molecule has 0 saturated carbocycles. The van der Waals surface area contributed by atoms with Gasteiger partial charge >= 0.3 is 12.1 Å². The van der Waals surface area contributed by atoms with Crippen LogP contribution in [0, 0.1) is 0 Å². The summed E-state index contributed by atoms with van der Waals surface area (Å²) in [6, 6.07) is 20.9. The van der Waals surface area contributed by atoms with E-state index in [4.69, 9.17) is 4.74 Å². The summed E-state index contributed by atoms with van der Waals surface area (Å²) in [5.74, 6) is -1.32. The Morgan fingerprint density at radius 1 is 0.917 bits per heavy atom. The van der Waals surface area contributed by atoms with Crippen molar-refractivity contribution in [2.75, 3.05) is 6.61 Å². The fourth-order valence-corrected chi connectivity index (χ4v) is 4.14. The Morgan fingerprint density at radius 2 is 1.69 bits per heavy atom. The Morgan fingerprint density at radius 3 is 2.44 bits per heavy atom. The van der Waals surface area contributed by atoms with Gasteiger partial charge in [-0.1, -0.05) is 48.5 Å². The predicted molar refractivity (Wildman–Crippen MR) is 129 cm³/mol. The van der Waals surface area contributed by atoms with Crippen molar-refractivity contribution in [2.24, 2.45) is 0 Å². The van der Waals surface area contributed by atoms with E-state index in [1.807, 2.05) is 42.5 Å². The highest BCUT2D eigenvalue weighted by Gasteiger charge is 2.31. The van der Waals surface area contributed by atoms with E-state index >= 15 is 0 Å². The van der Waals surface area contributed by atoms with Crippen LogP contribution in [0.5, 0.6) is 0 Å². The second-order valence-electron chi connectivity index (χ2n) is 8.16. The standard InChI is InChI=1S/C28H19F3N2O3/c1-2-36-27(35)22-14-25(26(34)20-8-5-9-21(13-20)28(29,30)31)33-16-32-23(15-24(22)33)19-11-10-17-6-3-4-7-18(17)12-19/h3-16H,2H2,1H3. The highest BCUT2D eigenvalue weighted by molar-refractivity contribution is 6.11. The molecule has 3 aromatic carbocycles. The molecule has 2 heterocycles. The number of ketones is 1. The number of benzene rings is 3. The molecule has 0 atom stereocenters. The summed E-state index contributed by atoms with van der Waals surface area (Å²) >= 11 is 0. The van der Waals surface area contributed by atoms with Crippen LogP contribution in [0.15, 0.2) is 85.2 Å². The van der Waals surface area contributed by atoms with Crippen molar-refractivity contribution in [3.63, 3.8) is 0 Å². The first-order chi connectivity index (χ1) is 17.3. The molecule has 36 heavy (non-hydrogen) atoms. The van der Waals surface area contributed by atoms with Crippen molar-refractivity contribution in [3.8, 4) is 11.3 Å². The Balaban J connectivity index is 1.65. The topological polar surface area (TPSA) is 60.7 Å². The maximum Gasteiger partial charge on any atom is 0.416 e. The number of nitrogens with zero attached hydrogens (tertiary/aromatic N) is 2. The maximum atomic E-state index is 13.3. The van der Waals surface area contributed by atoms with Crippen LogP contribution in [0.3, 0.4) is 0 Å². The van der Waals surface area contributed by atoms with Crippen LogP contribution in [0.1, 0.15) is 38.9 Å². The van der Waals surface area contributed by atoms with Gasteiger partial charge in [0, 0.05) is 11.1 Å². The maximum absolute atomic E-state index is 13.3. The second-order valence-corrected chi connectivity index (χ2v) is 8.16. The zero-order chi connectivity index (χ0) is 25.4. The Hall–Kier alpha value is -4.46. The zero-order valence-electron chi connectivity index (χ0n) is 19.0. The van der Waals surface area contributed by atoms with E-state index < -0.39 is 23.5 Å². The van der Waals surface area contributed by atoms with E-state index in [1.54, 1.807) is 13.0 Å². The number of carbonyl (C=O) groups is 2. The Bertz CT molecular complexity index is 1640. The zero-order valence-corrected chi connectivity index (χ0v) is 19.0. The van der Waals surface area contributed by atoms with Crippen LogP contribution in [0.2, 0.25) is 0 Å². The lowest BCUT2D eigenvalue weighted by Gasteiger charge is -2.09. The van der Waals surface area contributed by atoms with Gasteiger partial charge in [-0.05, 0) is 48.0 Å². The fraction of sp³-hybridized carbons (Fsp3) is 0.107. The molecular formula is C28H19F3N2O3. The third-order valence-electron chi connectivity index (χ3n) is 5.89. The average molecular weight is 488 g/mol. The second kappa shape index (κ2) is 8.96. The molecular weight excluding hydrogens is 469 g/mol. The highest BCUT2D eigenvalue weighted by Crippen LogP contribution is 2.31. The molecule has 0 aliphatic heterocycles. The van der Waals surface area contributed by atoms with Crippen molar-refractivity contribution in [3.05, 3.63) is 108 Å². The summed E-state index contributed by atoms with van der Waals surface area (Å²) in [6.07, 6.45) is -3.20. The average Bonchev–Trinajstić information content (AvgIpc) is 3.26. The number of fused-ring (bicyclic) bond motifs is 2. The van der Waals surface area contributed by atoms with Crippen LogP contribution in [0.4, 0.5) is 13.2 Å². The molecule has 0 unspecified atom stereocenters. The van der Waals surface area contributed by atoms with E-state index in [0.29, 0.717) is 11.2 Å². The lowest BCUT2D eigenvalue weighted by atomic mass is 10.0. The molecule has 8 heteroatoms. The minimum absolute atomic E-state index is 0.00457. The molecule has 0 spiro atoms. The SMILES string of the molecule is CCOC(=O)c1cc(C(=O)c2cccc(C(F)(F)F)c2)n2cnc(-c3ccc4ccccc4c3)cc12. The molecule has 0 N–H and O–H groups in total. The molecule has 5 aromatic rings. The van der Waals surface area contributed by atoms with Gasteiger partial charge in [0.2, 0.25) is 5.78 Å². The van der Waals surface area contributed by atoms with Gasteiger partial charge in [0.15, 0.2) is 0 Å². The largest absolute Gasteiger partial charge is 0.462 e. The third kappa shape index (κ3) is 4.22. The third-order valence-corrected chi connectivity index (χ3v) is 5.89. The van der Waals surface area contributed by atoms with Gasteiger partial charge in [-0.3, -0.25) is 9.20 Å². The van der Waals surface area contributed by atoms with Gasteiger partial charge in [-0.15, -0.1) is 0 Å². The van der Waals surface area contributed by atoms with Gasteiger partial charge in [-0.25, -0.2) is 9.78 Å². The summed E-state index contributed by atoms with van der Waals surface area (Å²) < 4.78 is 46.2. The van der Waals surface area contributed by atoms with Crippen molar-refractivity contribution < 1.29 is 27.5 Å². The first kappa shape index (κ1) is 23.3. The molecule has 0 aliphatic rings. The molecule has 5 rings (SSSR count). The highest BCUT2D eigenvalue weighted by atomic mass is 19.4. The first-order valence-corrected chi connectivity index (χ1v) is 11.2. The number of halogens is 3. The number of rotatable bonds is 5. The van der Waals surface area contributed by atoms with Crippen molar-refractivity contribution in [2.45, 2.75) is 13.1 Å². The van der Waals surface area contributed by atoms with Gasteiger partial charge in [0.05, 0.1) is 34.6 Å².